The monoisotopic (exact) mass is 320 g/mol. The van der Waals surface area contributed by atoms with E-state index in [0.29, 0.717) is 6.54 Å². The van der Waals surface area contributed by atoms with Gasteiger partial charge in [-0.05, 0) is 56.9 Å². The smallest absolute Gasteiger partial charge is 0.154 e. The van der Waals surface area contributed by atoms with Crippen LogP contribution in [-0.4, -0.2) is 30.4 Å². The number of rotatable bonds is 5. The first-order valence-electron chi connectivity index (χ1n) is 7.75. The number of aryl methyl sites for hydroxylation is 2. The first-order valence-corrected chi connectivity index (χ1v) is 9.64. The molecule has 2 N–H and O–H groups in total. The van der Waals surface area contributed by atoms with Gasteiger partial charge in [0.15, 0.2) is 9.84 Å². The van der Waals surface area contributed by atoms with Gasteiger partial charge in [0.25, 0.3) is 0 Å². The molecule has 0 aliphatic heterocycles. The second-order valence-corrected chi connectivity index (χ2v) is 9.06. The Kier molecular flexibility index (Phi) is 3.61. The van der Waals surface area contributed by atoms with E-state index in [9.17, 15) is 8.42 Å². The summed E-state index contributed by atoms with van der Waals surface area (Å²) in [7, 11) is -3.00. The van der Waals surface area contributed by atoms with Crippen molar-refractivity contribution in [2.24, 2.45) is 0 Å². The summed E-state index contributed by atoms with van der Waals surface area (Å²) in [5, 5.41) is 4.64. The molecule has 0 amide bonds. The molecule has 3 rings (SSSR count). The Balaban J connectivity index is 1.76. The van der Waals surface area contributed by atoms with E-state index in [0.717, 1.165) is 24.1 Å². The molecule has 1 heterocycles. The molecular weight excluding hydrogens is 296 g/mol. The maximum atomic E-state index is 11.9. The number of sulfone groups is 1. The van der Waals surface area contributed by atoms with E-state index in [1.807, 2.05) is 6.92 Å². The van der Waals surface area contributed by atoms with Crippen LogP contribution < -0.4 is 5.32 Å². The number of hydrogen-bond acceptors (Lipinski definition) is 3. The van der Waals surface area contributed by atoms with E-state index in [1.165, 1.54) is 22.8 Å². The summed E-state index contributed by atoms with van der Waals surface area (Å²) < 4.78 is 23.3. The van der Waals surface area contributed by atoms with Crippen LogP contribution >= 0.6 is 0 Å². The molecule has 2 aromatic rings. The highest BCUT2D eigenvalue weighted by atomic mass is 32.2. The number of aromatic amines is 1. The Hall–Kier alpha value is -1.33. The van der Waals surface area contributed by atoms with E-state index >= 15 is 0 Å². The van der Waals surface area contributed by atoms with Gasteiger partial charge in [0.05, 0.1) is 4.75 Å². The zero-order valence-electron chi connectivity index (χ0n) is 13.7. The van der Waals surface area contributed by atoms with Gasteiger partial charge in [0.2, 0.25) is 0 Å². The molecule has 1 unspecified atom stereocenters. The standard InChI is InChI=1S/C17H24N2O2S/c1-11-5-6-16-15(12(11)2)9-14(19-16)10-18-13(3)17(7-8-17)22(4,20)21/h5-6,9,13,18-19H,7-8,10H2,1-4H3. The van der Waals surface area contributed by atoms with Crippen LogP contribution in [0.4, 0.5) is 0 Å². The van der Waals surface area contributed by atoms with Gasteiger partial charge in [-0.25, -0.2) is 8.42 Å². The number of H-pyrrole nitrogens is 1. The number of nitrogens with one attached hydrogen (secondary N) is 2. The molecular formula is C17H24N2O2S. The molecule has 1 aromatic carbocycles. The summed E-state index contributed by atoms with van der Waals surface area (Å²) in [5.74, 6) is 0. The first-order chi connectivity index (χ1) is 10.2. The second kappa shape index (κ2) is 5.10. The molecule has 1 saturated carbocycles. The summed E-state index contributed by atoms with van der Waals surface area (Å²) in [6, 6.07) is 6.36. The predicted molar refractivity (Wildman–Crippen MR) is 90.9 cm³/mol. The van der Waals surface area contributed by atoms with E-state index in [2.05, 4.69) is 42.3 Å². The van der Waals surface area contributed by atoms with Crippen LogP contribution in [0.5, 0.6) is 0 Å². The van der Waals surface area contributed by atoms with Gasteiger partial charge in [0.1, 0.15) is 0 Å². The highest BCUT2D eigenvalue weighted by Crippen LogP contribution is 2.46. The summed E-state index contributed by atoms with van der Waals surface area (Å²) in [6.07, 6.45) is 2.89. The maximum Gasteiger partial charge on any atom is 0.154 e. The molecule has 1 aromatic heterocycles. The quantitative estimate of drug-likeness (QED) is 0.890. The van der Waals surface area contributed by atoms with Gasteiger partial charge in [0, 0.05) is 35.4 Å². The largest absolute Gasteiger partial charge is 0.357 e. The number of fused-ring (bicyclic) bond motifs is 1. The minimum absolute atomic E-state index is 0.0308. The molecule has 5 heteroatoms. The average molecular weight is 320 g/mol. The number of aromatic nitrogens is 1. The van der Waals surface area contributed by atoms with Crippen molar-refractivity contribution in [3.05, 3.63) is 35.0 Å². The number of hydrogen-bond donors (Lipinski definition) is 2. The van der Waals surface area contributed by atoms with Gasteiger partial charge >= 0.3 is 0 Å². The van der Waals surface area contributed by atoms with Crippen molar-refractivity contribution < 1.29 is 8.42 Å². The van der Waals surface area contributed by atoms with E-state index in [1.54, 1.807) is 0 Å². The minimum Gasteiger partial charge on any atom is -0.357 e. The fourth-order valence-electron chi connectivity index (χ4n) is 3.31. The summed E-state index contributed by atoms with van der Waals surface area (Å²) in [5.41, 5.74) is 4.81. The van der Waals surface area contributed by atoms with Crippen LogP contribution in [0.3, 0.4) is 0 Å². The fraction of sp³-hybridized carbons (Fsp3) is 0.529. The topological polar surface area (TPSA) is 62.0 Å². The lowest BCUT2D eigenvalue weighted by atomic mass is 10.1. The molecule has 1 aliphatic rings. The SMILES string of the molecule is Cc1ccc2[nH]c(CNC(C)C3(S(C)(=O)=O)CC3)cc2c1C. The Morgan fingerprint density at radius 1 is 1.32 bits per heavy atom. The van der Waals surface area contributed by atoms with E-state index in [4.69, 9.17) is 0 Å². The number of benzene rings is 1. The van der Waals surface area contributed by atoms with Crippen molar-refractivity contribution in [3.63, 3.8) is 0 Å². The van der Waals surface area contributed by atoms with Crippen LogP contribution in [0.1, 0.15) is 36.6 Å². The van der Waals surface area contributed by atoms with Crippen molar-refractivity contribution in [1.82, 2.24) is 10.3 Å². The van der Waals surface area contributed by atoms with E-state index < -0.39 is 14.6 Å². The van der Waals surface area contributed by atoms with Crippen LogP contribution in [-0.2, 0) is 16.4 Å². The molecule has 0 spiro atoms. The summed E-state index contributed by atoms with van der Waals surface area (Å²) in [6.45, 7) is 6.89. The van der Waals surface area contributed by atoms with Gasteiger partial charge in [-0.3, -0.25) is 0 Å². The van der Waals surface area contributed by atoms with Crippen molar-refractivity contribution in [3.8, 4) is 0 Å². The van der Waals surface area contributed by atoms with Crippen LogP contribution in [0, 0.1) is 13.8 Å². The molecule has 1 aliphatic carbocycles. The molecule has 120 valence electrons. The van der Waals surface area contributed by atoms with Gasteiger partial charge in [-0.1, -0.05) is 6.07 Å². The Bertz CT molecular complexity index is 817. The molecule has 0 saturated heterocycles. The van der Waals surface area contributed by atoms with Crippen LogP contribution in [0.25, 0.3) is 10.9 Å². The normalized spacial score (nSPS) is 18.5. The summed E-state index contributed by atoms with van der Waals surface area (Å²) in [4.78, 5) is 3.42. The second-order valence-electron chi connectivity index (χ2n) is 6.70. The minimum atomic E-state index is -3.00. The highest BCUT2D eigenvalue weighted by molar-refractivity contribution is 7.92. The maximum absolute atomic E-state index is 11.9. The molecule has 4 nitrogen and oxygen atoms in total. The third-order valence-corrected chi connectivity index (χ3v) is 7.51. The third-order valence-electron chi connectivity index (χ3n) is 5.27. The Morgan fingerprint density at radius 3 is 2.59 bits per heavy atom. The predicted octanol–water partition coefficient (Wildman–Crippen LogP) is 2.84. The highest BCUT2D eigenvalue weighted by Gasteiger charge is 2.55. The third kappa shape index (κ3) is 2.46. The van der Waals surface area contributed by atoms with Crippen molar-refractivity contribution in [1.29, 1.82) is 0 Å². The zero-order valence-corrected chi connectivity index (χ0v) is 14.5. The van der Waals surface area contributed by atoms with Crippen molar-refractivity contribution >= 4 is 20.7 Å². The first kappa shape index (κ1) is 15.6. The van der Waals surface area contributed by atoms with E-state index in [-0.39, 0.29) is 6.04 Å². The average Bonchev–Trinajstić information content (AvgIpc) is 3.16. The molecule has 1 fully saturated rings. The molecule has 22 heavy (non-hydrogen) atoms. The summed E-state index contributed by atoms with van der Waals surface area (Å²) >= 11 is 0. The zero-order chi connectivity index (χ0) is 16.1. The fourth-order valence-corrected chi connectivity index (χ4v) is 4.88. The van der Waals surface area contributed by atoms with Crippen LogP contribution in [0.15, 0.2) is 18.2 Å². The van der Waals surface area contributed by atoms with Gasteiger partial charge in [-0.15, -0.1) is 0 Å². The van der Waals surface area contributed by atoms with Crippen LogP contribution in [0.2, 0.25) is 0 Å². The lowest BCUT2D eigenvalue weighted by molar-refractivity contribution is 0.487. The molecule has 1 atom stereocenters. The lowest BCUT2D eigenvalue weighted by Gasteiger charge is -2.22. The molecule has 0 bridgehead atoms. The van der Waals surface area contributed by atoms with Crippen molar-refractivity contribution in [2.75, 3.05) is 6.26 Å². The Morgan fingerprint density at radius 2 is 2.00 bits per heavy atom. The van der Waals surface area contributed by atoms with Crippen molar-refractivity contribution in [2.45, 2.75) is 50.9 Å². The lowest BCUT2D eigenvalue weighted by Crippen LogP contribution is -2.43. The van der Waals surface area contributed by atoms with Gasteiger partial charge in [-0.2, -0.15) is 0 Å². The Labute approximate surface area is 132 Å². The molecule has 0 radical (unpaired) electrons. The van der Waals surface area contributed by atoms with Gasteiger partial charge < -0.3 is 10.3 Å².